The lowest BCUT2D eigenvalue weighted by molar-refractivity contribution is -0.384. The molecule has 112 valence electrons. The van der Waals surface area contributed by atoms with Crippen molar-refractivity contribution in [3.8, 4) is 6.07 Å². The number of thioether (sulfide) groups is 1. The number of non-ortho nitro benzene ring substituents is 1. The largest absolute Gasteiger partial charge is 0.354 e. The molecule has 2 aromatic rings. The summed E-state index contributed by atoms with van der Waals surface area (Å²) >= 11 is 1.50. The van der Waals surface area contributed by atoms with Crippen LogP contribution in [0.1, 0.15) is 12.0 Å². The van der Waals surface area contributed by atoms with Crippen molar-refractivity contribution in [2.45, 2.75) is 11.3 Å². The van der Waals surface area contributed by atoms with Crippen LogP contribution in [0, 0.1) is 21.4 Å². The Morgan fingerprint density at radius 2 is 2.14 bits per heavy atom. The summed E-state index contributed by atoms with van der Waals surface area (Å²) in [6.45, 7) is 0.714. The zero-order valence-corrected chi connectivity index (χ0v) is 12.4. The molecule has 1 heterocycles. The Labute approximate surface area is 131 Å². The first-order valence-corrected chi connectivity index (χ1v) is 7.51. The van der Waals surface area contributed by atoms with E-state index in [2.05, 4.69) is 15.3 Å². The minimum absolute atomic E-state index is 0.0659. The molecule has 8 heteroatoms. The standard InChI is InChI=1S/C14H13N5O2S/c15-10-11-9-12(19(20)21)3-4-13(11)22-8-2-7-18-14-16-5-1-6-17-14/h1,3-6,9H,2,7-8H2,(H,16,17,18). The molecule has 0 bridgehead atoms. The first-order chi connectivity index (χ1) is 10.7. The van der Waals surface area contributed by atoms with Crippen LogP contribution in [0.3, 0.4) is 0 Å². The minimum atomic E-state index is -0.501. The molecule has 0 saturated carbocycles. The van der Waals surface area contributed by atoms with Crippen LogP contribution in [-0.4, -0.2) is 27.2 Å². The second-order valence-corrected chi connectivity index (χ2v) is 5.39. The van der Waals surface area contributed by atoms with Crippen LogP contribution >= 0.6 is 11.8 Å². The van der Waals surface area contributed by atoms with Gasteiger partial charge in [-0.1, -0.05) is 0 Å². The Balaban J connectivity index is 1.82. The fraction of sp³-hybridized carbons (Fsp3) is 0.214. The van der Waals surface area contributed by atoms with Gasteiger partial charge in [0.25, 0.3) is 5.69 Å². The summed E-state index contributed by atoms with van der Waals surface area (Å²) in [5, 5.41) is 22.8. The zero-order chi connectivity index (χ0) is 15.8. The fourth-order valence-electron chi connectivity index (χ4n) is 1.69. The van der Waals surface area contributed by atoms with E-state index >= 15 is 0 Å². The molecular formula is C14H13N5O2S. The summed E-state index contributed by atoms with van der Waals surface area (Å²) in [5.74, 6) is 1.37. The second kappa shape index (κ2) is 7.95. The van der Waals surface area contributed by atoms with Crippen LogP contribution in [-0.2, 0) is 0 Å². The predicted octanol–water partition coefficient (Wildman–Crippen LogP) is 2.85. The van der Waals surface area contributed by atoms with Crippen molar-refractivity contribution in [1.82, 2.24) is 9.97 Å². The van der Waals surface area contributed by atoms with Gasteiger partial charge in [0.15, 0.2) is 0 Å². The van der Waals surface area contributed by atoms with Gasteiger partial charge in [-0.25, -0.2) is 9.97 Å². The molecule has 0 spiro atoms. The van der Waals surface area contributed by atoms with E-state index in [9.17, 15) is 10.1 Å². The molecule has 0 radical (unpaired) electrons. The van der Waals surface area contributed by atoms with Gasteiger partial charge >= 0.3 is 0 Å². The van der Waals surface area contributed by atoms with E-state index in [-0.39, 0.29) is 5.69 Å². The van der Waals surface area contributed by atoms with Gasteiger partial charge in [0.2, 0.25) is 5.95 Å². The van der Waals surface area contributed by atoms with Crippen molar-refractivity contribution in [3.05, 3.63) is 52.3 Å². The summed E-state index contributed by atoms with van der Waals surface area (Å²) in [6, 6.07) is 8.09. The molecule has 0 atom stereocenters. The SMILES string of the molecule is N#Cc1cc([N+](=O)[O-])ccc1SCCCNc1ncccn1. The van der Waals surface area contributed by atoms with Crippen LogP contribution in [0.15, 0.2) is 41.6 Å². The minimum Gasteiger partial charge on any atom is -0.354 e. The van der Waals surface area contributed by atoms with Gasteiger partial charge < -0.3 is 5.32 Å². The number of nitrogens with one attached hydrogen (secondary N) is 1. The van der Waals surface area contributed by atoms with E-state index in [4.69, 9.17) is 5.26 Å². The Morgan fingerprint density at radius 3 is 2.82 bits per heavy atom. The third-order valence-corrected chi connectivity index (χ3v) is 3.88. The van der Waals surface area contributed by atoms with Gasteiger partial charge in [-0.2, -0.15) is 5.26 Å². The number of nitriles is 1. The quantitative estimate of drug-likeness (QED) is 0.362. The lowest BCUT2D eigenvalue weighted by Gasteiger charge is -2.05. The molecule has 1 aromatic heterocycles. The third-order valence-electron chi connectivity index (χ3n) is 2.72. The summed E-state index contributed by atoms with van der Waals surface area (Å²) in [7, 11) is 0. The predicted molar refractivity (Wildman–Crippen MR) is 83.7 cm³/mol. The van der Waals surface area contributed by atoms with Gasteiger partial charge in [0.1, 0.15) is 6.07 Å². The van der Waals surface area contributed by atoms with Gasteiger partial charge in [0.05, 0.1) is 10.5 Å². The van der Waals surface area contributed by atoms with Gasteiger partial charge in [0, 0.05) is 36.0 Å². The van der Waals surface area contributed by atoms with E-state index in [0.29, 0.717) is 18.1 Å². The number of nitro groups is 1. The highest BCUT2D eigenvalue weighted by molar-refractivity contribution is 7.99. The molecule has 7 nitrogen and oxygen atoms in total. The average molecular weight is 315 g/mol. The molecule has 0 aliphatic rings. The molecule has 0 aliphatic carbocycles. The summed E-state index contributed by atoms with van der Waals surface area (Å²) < 4.78 is 0. The lowest BCUT2D eigenvalue weighted by atomic mass is 10.2. The van der Waals surface area contributed by atoms with E-state index in [1.54, 1.807) is 24.5 Å². The molecule has 0 saturated heterocycles. The number of anilines is 1. The van der Waals surface area contributed by atoms with Crippen molar-refractivity contribution < 1.29 is 4.92 Å². The first kappa shape index (κ1) is 15.7. The maximum Gasteiger partial charge on any atom is 0.270 e. The molecule has 0 amide bonds. The topological polar surface area (TPSA) is 105 Å². The highest BCUT2D eigenvalue weighted by Gasteiger charge is 2.10. The fourth-order valence-corrected chi connectivity index (χ4v) is 2.62. The number of nitrogens with zero attached hydrogens (tertiary/aromatic N) is 4. The molecule has 0 aliphatic heterocycles. The molecule has 0 unspecified atom stereocenters. The van der Waals surface area contributed by atoms with Crippen molar-refractivity contribution in [2.24, 2.45) is 0 Å². The van der Waals surface area contributed by atoms with Crippen LogP contribution in [0.2, 0.25) is 0 Å². The number of hydrogen-bond donors (Lipinski definition) is 1. The van der Waals surface area contributed by atoms with Crippen LogP contribution in [0.25, 0.3) is 0 Å². The molecule has 1 N–H and O–H groups in total. The lowest BCUT2D eigenvalue weighted by Crippen LogP contribution is -2.05. The molecule has 1 aromatic carbocycles. The highest BCUT2D eigenvalue weighted by atomic mass is 32.2. The third kappa shape index (κ3) is 4.43. The smallest absolute Gasteiger partial charge is 0.270 e. The number of aromatic nitrogens is 2. The van der Waals surface area contributed by atoms with E-state index in [1.165, 1.54) is 23.9 Å². The Hall–Kier alpha value is -2.66. The van der Waals surface area contributed by atoms with Gasteiger partial charge in [-0.05, 0) is 24.3 Å². The van der Waals surface area contributed by atoms with E-state index in [0.717, 1.165) is 17.1 Å². The summed E-state index contributed by atoms with van der Waals surface area (Å²) in [5.41, 5.74) is 0.266. The molecule has 22 heavy (non-hydrogen) atoms. The Kier molecular flexibility index (Phi) is 5.68. The van der Waals surface area contributed by atoms with Crippen LogP contribution < -0.4 is 5.32 Å². The van der Waals surface area contributed by atoms with Crippen LogP contribution in [0.4, 0.5) is 11.6 Å². The van der Waals surface area contributed by atoms with Crippen molar-refractivity contribution in [3.63, 3.8) is 0 Å². The number of benzene rings is 1. The van der Waals surface area contributed by atoms with Crippen molar-refractivity contribution in [1.29, 1.82) is 5.26 Å². The van der Waals surface area contributed by atoms with Crippen molar-refractivity contribution >= 4 is 23.4 Å². The Bertz CT molecular complexity index is 687. The second-order valence-electron chi connectivity index (χ2n) is 4.25. The van der Waals surface area contributed by atoms with Gasteiger partial charge in [-0.15, -0.1) is 11.8 Å². The van der Waals surface area contributed by atoms with Gasteiger partial charge in [-0.3, -0.25) is 10.1 Å². The normalized spacial score (nSPS) is 9.95. The average Bonchev–Trinajstić information content (AvgIpc) is 2.55. The first-order valence-electron chi connectivity index (χ1n) is 6.53. The monoisotopic (exact) mass is 315 g/mol. The summed E-state index contributed by atoms with van der Waals surface area (Å²) in [4.78, 5) is 19.0. The zero-order valence-electron chi connectivity index (χ0n) is 11.6. The highest BCUT2D eigenvalue weighted by Crippen LogP contribution is 2.26. The van der Waals surface area contributed by atoms with Crippen LogP contribution in [0.5, 0.6) is 0 Å². The summed E-state index contributed by atoms with van der Waals surface area (Å²) in [6.07, 6.45) is 4.19. The maximum atomic E-state index is 10.7. The number of rotatable bonds is 7. The Morgan fingerprint density at radius 1 is 1.36 bits per heavy atom. The molecule has 0 fully saturated rings. The van der Waals surface area contributed by atoms with E-state index < -0.39 is 4.92 Å². The molecule has 2 rings (SSSR count). The maximum absolute atomic E-state index is 10.7. The number of nitro benzene ring substituents is 1. The molecular weight excluding hydrogens is 302 g/mol. The number of hydrogen-bond acceptors (Lipinski definition) is 7. The van der Waals surface area contributed by atoms with E-state index in [1.807, 2.05) is 6.07 Å². The van der Waals surface area contributed by atoms with Crippen molar-refractivity contribution in [2.75, 3.05) is 17.6 Å².